The van der Waals surface area contributed by atoms with E-state index in [0.717, 1.165) is 0 Å². The van der Waals surface area contributed by atoms with E-state index in [9.17, 15) is 14.6 Å². The van der Waals surface area contributed by atoms with Crippen molar-refractivity contribution in [3.8, 4) is 0 Å². The number of likely N-dealkylation sites (tertiary alicyclic amines) is 1. The largest absolute Gasteiger partial charge is 0.353 e. The normalized spacial score (nSPS) is 25.8. The Balaban J connectivity index is 2.47. The molecule has 1 saturated heterocycles. The lowest BCUT2D eigenvalue weighted by Gasteiger charge is -2.39. The first-order chi connectivity index (χ1) is 5.31. The molecular weight excluding hydrogens is 161 g/mol. The van der Waals surface area contributed by atoms with Gasteiger partial charge in [-0.05, 0) is 19.8 Å². The first kappa shape index (κ1) is 9.89. The lowest BCUT2D eigenvalue weighted by atomic mass is 9.95. The SMILES string of the molecule is CC1(F)CCN(C(C)(O)O)CC1. The van der Waals surface area contributed by atoms with Gasteiger partial charge in [0.1, 0.15) is 5.67 Å². The van der Waals surface area contributed by atoms with Crippen LogP contribution < -0.4 is 0 Å². The van der Waals surface area contributed by atoms with E-state index in [2.05, 4.69) is 0 Å². The molecule has 4 heteroatoms. The Labute approximate surface area is 71.8 Å². The van der Waals surface area contributed by atoms with Gasteiger partial charge in [-0.2, -0.15) is 0 Å². The third-order valence-electron chi connectivity index (χ3n) is 2.41. The summed E-state index contributed by atoms with van der Waals surface area (Å²) in [5.41, 5.74) is -1.14. The molecule has 0 unspecified atom stereocenters. The van der Waals surface area contributed by atoms with Crippen LogP contribution in [0.25, 0.3) is 0 Å². The van der Waals surface area contributed by atoms with Gasteiger partial charge < -0.3 is 10.2 Å². The second kappa shape index (κ2) is 2.94. The summed E-state index contributed by atoms with van der Waals surface area (Å²) in [5.74, 6) is -1.80. The molecule has 1 aliphatic heterocycles. The molecular formula is C8H16FNO2. The maximum absolute atomic E-state index is 13.2. The van der Waals surface area contributed by atoms with Crippen LogP contribution in [0.4, 0.5) is 4.39 Å². The summed E-state index contributed by atoms with van der Waals surface area (Å²) in [7, 11) is 0. The van der Waals surface area contributed by atoms with E-state index >= 15 is 0 Å². The molecule has 0 aromatic carbocycles. The Kier molecular flexibility index (Phi) is 2.42. The Bertz CT molecular complexity index is 155. The minimum absolute atomic E-state index is 0.365. The second-order valence-corrected chi connectivity index (χ2v) is 3.87. The van der Waals surface area contributed by atoms with Crippen LogP contribution in [-0.4, -0.2) is 39.8 Å². The van der Waals surface area contributed by atoms with E-state index in [1.165, 1.54) is 11.8 Å². The predicted octanol–water partition coefficient (Wildman–Crippen LogP) is 0.469. The lowest BCUT2D eigenvalue weighted by molar-refractivity contribution is -0.258. The van der Waals surface area contributed by atoms with Gasteiger partial charge in [0, 0.05) is 20.0 Å². The highest BCUT2D eigenvalue weighted by atomic mass is 19.1. The number of piperidine rings is 1. The smallest absolute Gasteiger partial charge is 0.221 e. The molecule has 3 nitrogen and oxygen atoms in total. The van der Waals surface area contributed by atoms with Gasteiger partial charge in [-0.15, -0.1) is 0 Å². The highest BCUT2D eigenvalue weighted by Gasteiger charge is 2.35. The zero-order chi connectivity index (χ0) is 9.41. The second-order valence-electron chi connectivity index (χ2n) is 3.87. The van der Waals surface area contributed by atoms with Gasteiger partial charge in [0.05, 0.1) is 0 Å². The Morgan fingerprint density at radius 2 is 1.75 bits per heavy atom. The molecule has 0 spiro atoms. The summed E-state index contributed by atoms with van der Waals surface area (Å²) in [5, 5.41) is 18.3. The van der Waals surface area contributed by atoms with E-state index in [0.29, 0.717) is 25.9 Å². The first-order valence-electron chi connectivity index (χ1n) is 4.20. The Hall–Kier alpha value is -0.190. The molecule has 1 aliphatic rings. The van der Waals surface area contributed by atoms with Crippen LogP contribution in [-0.2, 0) is 0 Å². The van der Waals surface area contributed by atoms with Gasteiger partial charge in [-0.3, -0.25) is 4.90 Å². The molecule has 0 aromatic rings. The summed E-state index contributed by atoms with van der Waals surface area (Å²) in [4.78, 5) is 1.47. The number of halogens is 1. The van der Waals surface area contributed by atoms with Crippen molar-refractivity contribution in [1.29, 1.82) is 0 Å². The van der Waals surface area contributed by atoms with Crippen molar-refractivity contribution >= 4 is 0 Å². The average molecular weight is 177 g/mol. The highest BCUT2D eigenvalue weighted by Crippen LogP contribution is 2.27. The number of aliphatic hydroxyl groups is 2. The lowest BCUT2D eigenvalue weighted by Crippen LogP contribution is -2.52. The van der Waals surface area contributed by atoms with Crippen LogP contribution in [0.1, 0.15) is 26.7 Å². The van der Waals surface area contributed by atoms with Crippen molar-refractivity contribution in [2.45, 2.75) is 38.3 Å². The molecule has 72 valence electrons. The fourth-order valence-corrected chi connectivity index (χ4v) is 1.40. The zero-order valence-electron chi connectivity index (χ0n) is 7.55. The number of hydrogen-bond donors (Lipinski definition) is 2. The van der Waals surface area contributed by atoms with Gasteiger partial charge in [0.2, 0.25) is 5.91 Å². The van der Waals surface area contributed by atoms with Crippen molar-refractivity contribution in [2.24, 2.45) is 0 Å². The van der Waals surface area contributed by atoms with Gasteiger partial charge in [-0.1, -0.05) is 0 Å². The van der Waals surface area contributed by atoms with Crippen molar-refractivity contribution in [2.75, 3.05) is 13.1 Å². The van der Waals surface area contributed by atoms with Crippen LogP contribution in [0.5, 0.6) is 0 Å². The van der Waals surface area contributed by atoms with E-state index in [4.69, 9.17) is 0 Å². The van der Waals surface area contributed by atoms with Crippen LogP contribution in [0.3, 0.4) is 0 Å². The molecule has 0 aromatic heterocycles. The number of alkyl halides is 1. The summed E-state index contributed by atoms with van der Waals surface area (Å²) in [6.07, 6.45) is 0.730. The molecule has 0 atom stereocenters. The molecule has 1 heterocycles. The Morgan fingerprint density at radius 3 is 2.08 bits per heavy atom. The van der Waals surface area contributed by atoms with E-state index in [-0.39, 0.29) is 0 Å². The third-order valence-corrected chi connectivity index (χ3v) is 2.41. The number of nitrogens with zero attached hydrogens (tertiary/aromatic N) is 1. The zero-order valence-corrected chi connectivity index (χ0v) is 7.55. The summed E-state index contributed by atoms with van der Waals surface area (Å²) in [6, 6.07) is 0. The fourth-order valence-electron chi connectivity index (χ4n) is 1.40. The van der Waals surface area contributed by atoms with Crippen LogP contribution in [0.15, 0.2) is 0 Å². The van der Waals surface area contributed by atoms with Gasteiger partial charge in [0.15, 0.2) is 0 Å². The number of hydrogen-bond acceptors (Lipinski definition) is 3. The van der Waals surface area contributed by atoms with Crippen molar-refractivity contribution in [3.63, 3.8) is 0 Å². The molecule has 1 rings (SSSR count). The maximum Gasteiger partial charge on any atom is 0.221 e. The molecule has 12 heavy (non-hydrogen) atoms. The summed E-state index contributed by atoms with van der Waals surface area (Å²) in [6.45, 7) is 3.65. The van der Waals surface area contributed by atoms with Crippen molar-refractivity contribution < 1.29 is 14.6 Å². The van der Waals surface area contributed by atoms with Crippen LogP contribution in [0.2, 0.25) is 0 Å². The number of rotatable bonds is 1. The summed E-state index contributed by atoms with van der Waals surface area (Å²) >= 11 is 0. The van der Waals surface area contributed by atoms with Crippen LogP contribution >= 0.6 is 0 Å². The summed E-state index contributed by atoms with van der Waals surface area (Å²) < 4.78 is 13.2. The van der Waals surface area contributed by atoms with E-state index in [1.54, 1.807) is 6.92 Å². The highest BCUT2D eigenvalue weighted by molar-refractivity contribution is 4.83. The maximum atomic E-state index is 13.2. The molecule has 0 radical (unpaired) electrons. The van der Waals surface area contributed by atoms with Crippen molar-refractivity contribution in [3.05, 3.63) is 0 Å². The van der Waals surface area contributed by atoms with Crippen molar-refractivity contribution in [1.82, 2.24) is 4.90 Å². The molecule has 2 N–H and O–H groups in total. The van der Waals surface area contributed by atoms with E-state index < -0.39 is 11.6 Å². The van der Waals surface area contributed by atoms with E-state index in [1.807, 2.05) is 0 Å². The standard InChI is InChI=1S/C8H16FNO2/c1-7(9)3-5-10(6-4-7)8(2,11)12/h11-12H,3-6H2,1-2H3. The average Bonchev–Trinajstić information content (AvgIpc) is 1.83. The molecule has 1 fully saturated rings. The molecule has 0 saturated carbocycles. The Morgan fingerprint density at radius 1 is 1.33 bits per heavy atom. The third kappa shape index (κ3) is 2.40. The molecule has 0 aliphatic carbocycles. The minimum atomic E-state index is -1.80. The fraction of sp³-hybridized carbons (Fsp3) is 1.00. The minimum Gasteiger partial charge on any atom is -0.353 e. The topological polar surface area (TPSA) is 43.7 Å². The monoisotopic (exact) mass is 177 g/mol. The molecule has 0 amide bonds. The predicted molar refractivity (Wildman–Crippen MR) is 43.2 cm³/mol. The quantitative estimate of drug-likeness (QED) is 0.572. The van der Waals surface area contributed by atoms with Gasteiger partial charge >= 0.3 is 0 Å². The van der Waals surface area contributed by atoms with Crippen LogP contribution in [0, 0.1) is 0 Å². The molecule has 0 bridgehead atoms. The first-order valence-corrected chi connectivity index (χ1v) is 4.20. The van der Waals surface area contributed by atoms with Gasteiger partial charge in [0.25, 0.3) is 0 Å². The van der Waals surface area contributed by atoms with Gasteiger partial charge in [-0.25, -0.2) is 4.39 Å².